The number of hydrogen-bond donors (Lipinski definition) is 0. The second-order valence-corrected chi connectivity index (χ2v) is 5.63. The lowest BCUT2D eigenvalue weighted by Gasteiger charge is -2.15. The van der Waals surface area contributed by atoms with Crippen LogP contribution >= 0.6 is 0 Å². The second kappa shape index (κ2) is 5.74. The number of benzene rings is 2. The summed E-state index contributed by atoms with van der Waals surface area (Å²) in [5.74, 6) is 0.925. The lowest BCUT2D eigenvalue weighted by Crippen LogP contribution is -2.34. The number of aryl methyl sites for hydroxylation is 5. The van der Waals surface area contributed by atoms with Crippen LogP contribution in [0, 0.1) is 34.6 Å². The lowest BCUT2D eigenvalue weighted by atomic mass is 9.58. The summed E-state index contributed by atoms with van der Waals surface area (Å²) in [4.78, 5) is 0. The van der Waals surface area contributed by atoms with Crippen LogP contribution < -0.4 is 15.7 Å². The molecule has 0 spiro atoms. The third-order valence-electron chi connectivity index (χ3n) is 3.83. The molecule has 1 nitrogen and oxygen atoms in total. The Hall–Kier alpha value is -1.70. The molecule has 1 radical (unpaired) electrons. The zero-order valence-corrected chi connectivity index (χ0v) is 13.3. The molecule has 2 heteroatoms. The maximum Gasteiger partial charge on any atom is 0.192 e. The van der Waals surface area contributed by atoms with Crippen molar-refractivity contribution >= 4 is 18.2 Å². The molecule has 2 aromatic rings. The van der Waals surface area contributed by atoms with E-state index in [2.05, 4.69) is 66.2 Å². The van der Waals surface area contributed by atoms with Crippen molar-refractivity contribution in [3.05, 3.63) is 52.1 Å². The first-order valence-electron chi connectivity index (χ1n) is 7.00. The molecule has 0 heterocycles. The summed E-state index contributed by atoms with van der Waals surface area (Å²) < 4.78 is 5.33. The Bertz CT molecular complexity index is 598. The Kier molecular flexibility index (Phi) is 4.22. The van der Waals surface area contributed by atoms with E-state index in [1.807, 2.05) is 0 Å². The van der Waals surface area contributed by atoms with Crippen molar-refractivity contribution in [2.75, 3.05) is 7.11 Å². The van der Waals surface area contributed by atoms with Gasteiger partial charge in [0, 0.05) is 0 Å². The SMILES string of the molecule is COc1cc(C)c([B]c2c(C)cc(C)cc2C)c(C)c1. The van der Waals surface area contributed by atoms with Gasteiger partial charge in [0.05, 0.1) is 7.11 Å². The van der Waals surface area contributed by atoms with Gasteiger partial charge in [-0.15, -0.1) is 0 Å². The third kappa shape index (κ3) is 2.90. The van der Waals surface area contributed by atoms with E-state index in [-0.39, 0.29) is 0 Å². The predicted octanol–water partition coefficient (Wildman–Crippen LogP) is 2.89. The van der Waals surface area contributed by atoms with Crippen LogP contribution in [-0.2, 0) is 0 Å². The summed E-state index contributed by atoms with van der Waals surface area (Å²) in [5.41, 5.74) is 9.10. The Morgan fingerprint density at radius 2 is 1.10 bits per heavy atom. The lowest BCUT2D eigenvalue weighted by molar-refractivity contribution is 0.414. The van der Waals surface area contributed by atoms with E-state index >= 15 is 0 Å². The van der Waals surface area contributed by atoms with Crippen molar-refractivity contribution in [1.29, 1.82) is 0 Å². The van der Waals surface area contributed by atoms with Crippen molar-refractivity contribution in [1.82, 2.24) is 0 Å². The van der Waals surface area contributed by atoms with Gasteiger partial charge in [-0.1, -0.05) is 50.9 Å². The molecule has 0 aliphatic rings. The van der Waals surface area contributed by atoms with Gasteiger partial charge in [0.1, 0.15) is 5.75 Å². The third-order valence-corrected chi connectivity index (χ3v) is 3.83. The minimum atomic E-state index is 0.925. The number of rotatable bonds is 3. The number of methoxy groups -OCH3 is 1. The molecule has 2 aromatic carbocycles. The molecule has 103 valence electrons. The summed E-state index contributed by atoms with van der Waals surface area (Å²) in [6.45, 7) is 10.8. The summed E-state index contributed by atoms with van der Waals surface area (Å²) >= 11 is 0. The first-order valence-corrected chi connectivity index (χ1v) is 7.00. The highest BCUT2D eigenvalue weighted by atomic mass is 16.5. The van der Waals surface area contributed by atoms with Crippen molar-refractivity contribution in [3.8, 4) is 5.75 Å². The van der Waals surface area contributed by atoms with Gasteiger partial charge in [0.2, 0.25) is 0 Å². The topological polar surface area (TPSA) is 9.23 Å². The smallest absolute Gasteiger partial charge is 0.192 e. The van der Waals surface area contributed by atoms with E-state index in [0.717, 1.165) is 5.75 Å². The van der Waals surface area contributed by atoms with Crippen LogP contribution in [-0.4, -0.2) is 14.4 Å². The number of ether oxygens (including phenoxy) is 1. The van der Waals surface area contributed by atoms with E-state index in [1.54, 1.807) is 7.11 Å². The zero-order valence-electron chi connectivity index (χ0n) is 13.3. The Morgan fingerprint density at radius 3 is 1.50 bits per heavy atom. The second-order valence-electron chi connectivity index (χ2n) is 5.63. The molecule has 2 rings (SSSR count). The maximum atomic E-state index is 5.33. The Morgan fingerprint density at radius 1 is 0.700 bits per heavy atom. The first kappa shape index (κ1) is 14.7. The summed E-state index contributed by atoms with van der Waals surface area (Å²) in [6.07, 6.45) is 0. The average Bonchev–Trinajstić information content (AvgIpc) is 2.35. The van der Waals surface area contributed by atoms with Crippen molar-refractivity contribution in [3.63, 3.8) is 0 Å². The fourth-order valence-corrected chi connectivity index (χ4v) is 2.84. The van der Waals surface area contributed by atoms with E-state index in [9.17, 15) is 0 Å². The molecule has 0 fully saturated rings. The van der Waals surface area contributed by atoms with Gasteiger partial charge in [-0.3, -0.25) is 0 Å². The zero-order chi connectivity index (χ0) is 14.9. The highest BCUT2D eigenvalue weighted by Crippen LogP contribution is 2.14. The van der Waals surface area contributed by atoms with Gasteiger partial charge >= 0.3 is 0 Å². The van der Waals surface area contributed by atoms with E-state index in [1.165, 1.54) is 38.7 Å². The molecule has 0 unspecified atom stereocenters. The fourth-order valence-electron chi connectivity index (χ4n) is 2.84. The van der Waals surface area contributed by atoms with Crippen LogP contribution in [0.3, 0.4) is 0 Å². The molecule has 0 aliphatic heterocycles. The molecule has 0 aromatic heterocycles. The molecule has 0 saturated carbocycles. The molecule has 0 saturated heterocycles. The normalized spacial score (nSPS) is 10.5. The molecule has 0 bridgehead atoms. The fraction of sp³-hybridized carbons (Fsp3) is 0.333. The highest BCUT2D eigenvalue weighted by Gasteiger charge is 2.12. The molecular formula is C18H22BO. The maximum absolute atomic E-state index is 5.33. The highest BCUT2D eigenvalue weighted by molar-refractivity contribution is 6.69. The van der Waals surface area contributed by atoms with Crippen LogP contribution in [0.5, 0.6) is 5.75 Å². The van der Waals surface area contributed by atoms with Gasteiger partial charge in [-0.2, -0.15) is 0 Å². The molecule has 0 atom stereocenters. The quantitative estimate of drug-likeness (QED) is 0.775. The van der Waals surface area contributed by atoms with Crippen LogP contribution in [0.2, 0.25) is 0 Å². The first-order chi connectivity index (χ1) is 9.42. The van der Waals surface area contributed by atoms with Gasteiger partial charge in [0.15, 0.2) is 7.28 Å². The minimum Gasteiger partial charge on any atom is -0.497 e. The van der Waals surface area contributed by atoms with E-state index in [0.29, 0.717) is 0 Å². The molecule has 20 heavy (non-hydrogen) atoms. The molecular weight excluding hydrogens is 243 g/mol. The summed E-state index contributed by atoms with van der Waals surface area (Å²) in [5, 5.41) is 0. The summed E-state index contributed by atoms with van der Waals surface area (Å²) in [7, 11) is 4.01. The minimum absolute atomic E-state index is 0.925. The standard InChI is InChI=1S/C18H22BO/c1-11-7-12(2)17(13(3)8-11)19-18-14(4)9-16(20-6)10-15(18)5/h7-10H,1-6H3. The monoisotopic (exact) mass is 265 g/mol. The number of hydrogen-bond acceptors (Lipinski definition) is 1. The Labute approximate surface area is 123 Å². The van der Waals surface area contributed by atoms with Crippen molar-refractivity contribution < 1.29 is 4.74 Å². The largest absolute Gasteiger partial charge is 0.497 e. The summed E-state index contributed by atoms with van der Waals surface area (Å²) in [6, 6.07) is 8.68. The van der Waals surface area contributed by atoms with E-state index < -0.39 is 0 Å². The molecule has 0 aliphatic carbocycles. The van der Waals surface area contributed by atoms with Crippen molar-refractivity contribution in [2.45, 2.75) is 34.6 Å². The van der Waals surface area contributed by atoms with Crippen LogP contribution in [0.15, 0.2) is 24.3 Å². The van der Waals surface area contributed by atoms with Crippen molar-refractivity contribution in [2.24, 2.45) is 0 Å². The molecule has 0 amide bonds. The average molecular weight is 265 g/mol. The van der Waals surface area contributed by atoms with Gasteiger partial charge in [-0.25, -0.2) is 0 Å². The Balaban J connectivity index is 2.45. The van der Waals surface area contributed by atoms with Crippen LogP contribution in [0.4, 0.5) is 0 Å². The van der Waals surface area contributed by atoms with Crippen LogP contribution in [0.25, 0.3) is 0 Å². The van der Waals surface area contributed by atoms with Gasteiger partial charge in [-0.05, 0) is 46.8 Å². The van der Waals surface area contributed by atoms with Crippen LogP contribution in [0.1, 0.15) is 27.8 Å². The molecule has 0 N–H and O–H groups in total. The van der Waals surface area contributed by atoms with E-state index in [4.69, 9.17) is 4.74 Å². The van der Waals surface area contributed by atoms with Gasteiger partial charge < -0.3 is 4.74 Å². The predicted molar refractivity (Wildman–Crippen MR) is 88.1 cm³/mol. The van der Waals surface area contributed by atoms with Gasteiger partial charge in [0.25, 0.3) is 0 Å².